The number of nitrogens with two attached hydrogens (primary N) is 2. The molecule has 0 aromatic rings. The second-order valence-corrected chi connectivity index (χ2v) is 38.1. The first-order valence-corrected chi connectivity index (χ1v) is 43.4. The van der Waals surface area contributed by atoms with Crippen molar-refractivity contribution in [3.63, 3.8) is 0 Å². The lowest BCUT2D eigenvalue weighted by molar-refractivity contribution is -0.294. The zero-order valence-corrected chi connectivity index (χ0v) is 65.2. The Labute approximate surface area is 637 Å². The summed E-state index contributed by atoms with van der Waals surface area (Å²) < 4.78 is 134. The standard InChI is InChI=1S/C41H61NO10.C40H59NO10.CH4O3S/c1-20-12-26-6-8-30-21(2)13-28(45-30)10-11-41-19-40(5)39(52-41)38-37(50-40)36(51-41)35-31(49-38)9-7-27(47-35)14-24(43)15-29-23(4)32(16-25(44)18-42)48-34(29)17-33(46-26)22(20)3;1-19-11-25-5-7-29-20(2)12-27(44-29)9-10-40-17-34-36(50-40)37-38(49-34)39(51-40)35-30(48-37)8-6-26(46-35)13-23(42)14-28-22(4)31(15-24(43)18-41)47-33(28)16-32(45-25)21(19)3;1-5(2,3)4/h20,23,25-39,44H,2-3,6-19,42H2,1,4-5H3;19,22,24-39,43H,2-3,5-18,41H2,1,4H3;1H3,(H,2,3,4)/t20-,23-,25+,26+,27?,28+,29-,30?,31+,32-,33-,34?,35+,36+,37+,38-,39-,40-,41?;19-,22-,24+,25+,26?,27+,28-,29?,30+,31-,32-,33?,34-,35+,36+,37+,38-,39+,40?;/m11./s1. The Morgan fingerprint density at radius 3 is 1.37 bits per heavy atom. The number of fused-ring (bicyclic) bond motifs is 12. The molecule has 20 rings (SSSR count). The minimum absolute atomic E-state index is 0.00127. The predicted molar refractivity (Wildman–Crippen MR) is 391 cm³/mol. The van der Waals surface area contributed by atoms with E-state index < -0.39 is 39.5 Å². The van der Waals surface area contributed by atoms with Gasteiger partial charge in [-0.1, -0.05) is 54.0 Å². The zero-order chi connectivity index (χ0) is 75.8. The molecule has 25 nitrogen and oxygen atoms in total. The van der Waals surface area contributed by atoms with Crippen molar-refractivity contribution in [3.8, 4) is 0 Å². The third-order valence-electron chi connectivity index (χ3n) is 28.7. The van der Waals surface area contributed by atoms with Crippen LogP contribution in [0.2, 0.25) is 0 Å². The molecule has 0 aliphatic carbocycles. The maximum absolute atomic E-state index is 14.0. The van der Waals surface area contributed by atoms with Crippen molar-refractivity contribution in [2.45, 2.75) is 396 Å². The topological polar surface area (TPSA) is 329 Å². The maximum Gasteiger partial charge on any atom is 0.261 e. The van der Waals surface area contributed by atoms with E-state index >= 15 is 0 Å². The number of ether oxygens (including phenoxy) is 16. The Balaban J connectivity index is 0.000000155. The minimum atomic E-state index is -3.67. The number of hydrogen-bond donors (Lipinski definition) is 5. The number of carbonyl (C=O) groups excluding carboxylic acids is 2. The lowest BCUT2D eigenvalue weighted by atomic mass is 9.78. The van der Waals surface area contributed by atoms with Crippen molar-refractivity contribution < 1.29 is 109 Å². The molecule has 0 radical (unpaired) electrons. The highest BCUT2D eigenvalue weighted by Gasteiger charge is 2.74. The molecule has 606 valence electrons. The van der Waals surface area contributed by atoms with Gasteiger partial charge in [0.1, 0.15) is 78.2 Å². The van der Waals surface area contributed by atoms with Crippen LogP contribution in [0.5, 0.6) is 0 Å². The molecule has 24 bridgehead atoms. The number of Topliss-reactive ketones (excluding diaryl/α,β-unsaturated/α-hetero) is 2. The Morgan fingerprint density at radius 2 is 0.861 bits per heavy atom. The van der Waals surface area contributed by atoms with Gasteiger partial charge >= 0.3 is 0 Å². The van der Waals surface area contributed by atoms with Crippen LogP contribution in [-0.4, -0.2) is 248 Å². The van der Waals surface area contributed by atoms with Crippen LogP contribution in [0.3, 0.4) is 0 Å². The third-order valence-corrected chi connectivity index (χ3v) is 28.7. The quantitative estimate of drug-likeness (QED) is 0.124. The van der Waals surface area contributed by atoms with Crippen molar-refractivity contribution in [3.05, 3.63) is 48.6 Å². The fourth-order valence-corrected chi connectivity index (χ4v) is 23.0. The number of aliphatic hydroxyl groups excluding tert-OH is 2. The highest BCUT2D eigenvalue weighted by molar-refractivity contribution is 7.85. The van der Waals surface area contributed by atoms with Gasteiger partial charge in [-0.15, -0.1) is 0 Å². The van der Waals surface area contributed by atoms with Gasteiger partial charge in [-0.2, -0.15) is 8.42 Å². The molecule has 20 aliphatic rings. The first kappa shape index (κ1) is 79.3. The van der Waals surface area contributed by atoms with Crippen LogP contribution in [-0.2, 0) is 95.5 Å². The first-order chi connectivity index (χ1) is 51.5. The number of aliphatic hydroxyl groups is 2. The van der Waals surface area contributed by atoms with E-state index in [2.05, 4.69) is 60.9 Å². The van der Waals surface area contributed by atoms with E-state index in [1.165, 1.54) is 0 Å². The Bertz CT molecular complexity index is 3430. The summed E-state index contributed by atoms with van der Waals surface area (Å²) in [6.07, 6.45) is 13.3. The highest BCUT2D eigenvalue weighted by atomic mass is 32.2. The lowest BCUT2D eigenvalue weighted by Gasteiger charge is -2.47. The fraction of sp³-hybridized carbons (Fsp3) is 0.878. The molecule has 0 amide bonds. The summed E-state index contributed by atoms with van der Waals surface area (Å²) in [5.41, 5.74) is 15.6. The van der Waals surface area contributed by atoms with Crippen LogP contribution in [0.4, 0.5) is 0 Å². The molecule has 20 heterocycles. The van der Waals surface area contributed by atoms with Gasteiger partial charge in [-0.05, 0) is 155 Å². The summed E-state index contributed by atoms with van der Waals surface area (Å²) in [5.74, 6) is -0.494. The monoisotopic (exact) mass is 1540 g/mol. The van der Waals surface area contributed by atoms with Crippen LogP contribution in [0.1, 0.15) is 202 Å². The number of hydrogen-bond acceptors (Lipinski definition) is 24. The second-order valence-electron chi connectivity index (χ2n) is 36.6. The molecule has 20 aliphatic heterocycles. The zero-order valence-electron chi connectivity index (χ0n) is 64.4. The van der Waals surface area contributed by atoms with Crippen LogP contribution in [0, 0.1) is 35.5 Å². The van der Waals surface area contributed by atoms with Crippen LogP contribution in [0.25, 0.3) is 0 Å². The molecule has 20 saturated heterocycles. The minimum Gasteiger partial charge on any atom is -0.392 e. The molecule has 7 N–H and O–H groups in total. The first-order valence-electron chi connectivity index (χ1n) is 41.5. The SMILES string of the molecule is C=C1C[C@@H]2CCC34C[C@@]5(C)O[C@H]6[C@@H](O3)[C@H]3OC(CC[C@@H]3O[C@H]6[C@H]5O4)CC(=O)C[C@H]3C(C[C@H]4O[C@@H](CCC1O2)C[C@@H](C)C4=C)O[C@H](C[C@H](O)CN)[C@@H]3C.C=C1C[C@@H]2CCC34C[C@H]5O[C@H]6[C@@H](O3)[C@H]3OC(CC[C@@H]3O[C@H]6[C@H]5O4)CC(=O)C[C@H]3C(C[C@H]4O[C@@H](CCC1O2)C[C@@H](C)C4=C)O[C@H](C[C@H](O)CN)[C@@H]3C.CS(=O)(=O)O. The molecule has 2 spiro atoms. The fourth-order valence-electron chi connectivity index (χ4n) is 23.0. The molecule has 20 fully saturated rings. The van der Waals surface area contributed by atoms with E-state index in [1.54, 1.807) is 0 Å². The molecule has 0 aromatic heterocycles. The molecule has 0 aromatic carbocycles. The number of ketones is 2. The van der Waals surface area contributed by atoms with Crippen molar-refractivity contribution in [2.24, 2.45) is 47.0 Å². The van der Waals surface area contributed by atoms with Crippen molar-refractivity contribution in [1.82, 2.24) is 0 Å². The summed E-state index contributed by atoms with van der Waals surface area (Å²) in [6, 6.07) is 0. The Kier molecular flexibility index (Phi) is 23.1. The predicted octanol–water partition coefficient (Wildman–Crippen LogP) is 8.01. The van der Waals surface area contributed by atoms with Gasteiger partial charge in [0.05, 0.1) is 122 Å². The summed E-state index contributed by atoms with van der Waals surface area (Å²) in [5, 5.41) is 21.0. The summed E-state index contributed by atoms with van der Waals surface area (Å²) in [6.45, 7) is 29.1. The van der Waals surface area contributed by atoms with E-state index in [0.29, 0.717) is 95.1 Å². The molecular weight excluding hydrogens is 1410 g/mol. The smallest absolute Gasteiger partial charge is 0.261 e. The van der Waals surface area contributed by atoms with Gasteiger partial charge in [-0.25, -0.2) is 0 Å². The Morgan fingerprint density at radius 1 is 0.444 bits per heavy atom. The second kappa shape index (κ2) is 31.5. The normalized spacial score (nSPS) is 51.6. The van der Waals surface area contributed by atoms with E-state index in [1.807, 2.05) is 0 Å². The van der Waals surface area contributed by atoms with Gasteiger partial charge in [0, 0.05) is 90.1 Å². The van der Waals surface area contributed by atoms with E-state index in [4.69, 9.17) is 91.8 Å². The number of carbonyl (C=O) groups is 2. The highest BCUT2D eigenvalue weighted by Crippen LogP contribution is 2.60. The van der Waals surface area contributed by atoms with Gasteiger partial charge in [0.15, 0.2) is 11.6 Å². The van der Waals surface area contributed by atoms with Crippen molar-refractivity contribution in [1.29, 1.82) is 0 Å². The molecule has 38 atom stereocenters. The van der Waals surface area contributed by atoms with E-state index in [-0.39, 0.29) is 213 Å². The van der Waals surface area contributed by atoms with E-state index in [9.17, 15) is 28.2 Å². The number of rotatable bonds is 6. The van der Waals surface area contributed by atoms with Crippen LogP contribution >= 0.6 is 0 Å². The largest absolute Gasteiger partial charge is 0.392 e. The molecule has 8 unspecified atom stereocenters. The van der Waals surface area contributed by atoms with Gasteiger partial charge in [-0.3, -0.25) is 14.1 Å². The summed E-state index contributed by atoms with van der Waals surface area (Å²) >= 11 is 0. The maximum atomic E-state index is 14.0. The van der Waals surface area contributed by atoms with E-state index in [0.717, 1.165) is 112 Å². The molecule has 26 heteroatoms. The van der Waals surface area contributed by atoms with Gasteiger partial charge < -0.3 is 97.5 Å². The van der Waals surface area contributed by atoms with Crippen LogP contribution in [0.15, 0.2) is 48.6 Å². The Hall–Kier alpha value is -2.59. The van der Waals surface area contributed by atoms with Gasteiger partial charge in [0.25, 0.3) is 10.1 Å². The summed E-state index contributed by atoms with van der Waals surface area (Å²) in [4.78, 5) is 28.0. The van der Waals surface area contributed by atoms with Crippen molar-refractivity contribution in [2.75, 3.05) is 19.3 Å². The van der Waals surface area contributed by atoms with Crippen molar-refractivity contribution >= 4 is 21.7 Å². The molecular formula is C82H124N2O23S. The average Bonchev–Trinajstić information content (AvgIpc) is 1.54. The third kappa shape index (κ3) is 16.1. The lowest BCUT2D eigenvalue weighted by Crippen LogP contribution is -2.61. The average molecular weight is 1540 g/mol. The molecule has 108 heavy (non-hydrogen) atoms. The van der Waals surface area contributed by atoms with Crippen LogP contribution < -0.4 is 11.5 Å². The van der Waals surface area contributed by atoms with Gasteiger partial charge in [0.2, 0.25) is 0 Å². The molecule has 0 saturated carbocycles. The summed E-state index contributed by atoms with van der Waals surface area (Å²) in [7, 11) is -3.67.